The van der Waals surface area contributed by atoms with Gasteiger partial charge in [0.25, 0.3) is 5.91 Å². The number of halogens is 2. The number of nitrogens with one attached hydrogen (secondary N) is 1. The molecule has 98 valence electrons. The summed E-state index contributed by atoms with van der Waals surface area (Å²) in [5.74, 6) is -1.64. The summed E-state index contributed by atoms with van der Waals surface area (Å²) in [6.45, 7) is -0.154. The lowest BCUT2D eigenvalue weighted by molar-refractivity contribution is 0.0945. The molecule has 1 aromatic heterocycles. The van der Waals surface area contributed by atoms with Crippen molar-refractivity contribution in [2.45, 2.75) is 6.54 Å². The van der Waals surface area contributed by atoms with E-state index in [1.54, 1.807) is 0 Å². The van der Waals surface area contributed by atoms with Crippen LogP contribution < -0.4 is 11.1 Å². The third-order valence-electron chi connectivity index (χ3n) is 2.33. The number of nitrogen functional groups attached to an aromatic ring is 1. The van der Waals surface area contributed by atoms with Gasteiger partial charge in [0.1, 0.15) is 23.1 Å². The molecule has 2 rings (SSSR count). The number of benzene rings is 1. The number of nitrogens with zero attached hydrogens (tertiary/aromatic N) is 2. The first-order valence-electron chi connectivity index (χ1n) is 5.36. The summed E-state index contributed by atoms with van der Waals surface area (Å²) in [4.78, 5) is 19.2. The van der Waals surface area contributed by atoms with E-state index in [4.69, 9.17) is 5.73 Å². The molecule has 1 heterocycles. The molecule has 0 fully saturated rings. The summed E-state index contributed by atoms with van der Waals surface area (Å²) in [5.41, 5.74) is 5.44. The lowest BCUT2D eigenvalue weighted by Crippen LogP contribution is -2.24. The number of carbonyl (C=O) groups is 1. The molecular weight excluding hydrogens is 254 g/mol. The summed E-state index contributed by atoms with van der Waals surface area (Å²) in [7, 11) is 0. The molecule has 19 heavy (non-hydrogen) atoms. The molecule has 0 atom stereocenters. The molecule has 2 aromatic rings. The van der Waals surface area contributed by atoms with Crippen LogP contribution >= 0.6 is 0 Å². The van der Waals surface area contributed by atoms with Gasteiger partial charge in [-0.1, -0.05) is 0 Å². The van der Waals surface area contributed by atoms with Gasteiger partial charge in [-0.25, -0.2) is 13.8 Å². The van der Waals surface area contributed by atoms with Gasteiger partial charge in [-0.3, -0.25) is 9.78 Å². The van der Waals surface area contributed by atoms with Crippen molar-refractivity contribution in [1.29, 1.82) is 0 Å². The van der Waals surface area contributed by atoms with Gasteiger partial charge in [0.2, 0.25) is 0 Å². The fourth-order valence-corrected chi connectivity index (χ4v) is 1.44. The number of amides is 1. The molecule has 0 saturated carbocycles. The van der Waals surface area contributed by atoms with Crippen LogP contribution in [0.25, 0.3) is 0 Å². The molecule has 0 saturated heterocycles. The van der Waals surface area contributed by atoms with Crippen LogP contribution in [0.15, 0.2) is 30.6 Å². The number of carbonyl (C=O) groups excluding carboxylic acids is 1. The normalized spacial score (nSPS) is 10.2. The van der Waals surface area contributed by atoms with E-state index >= 15 is 0 Å². The van der Waals surface area contributed by atoms with Gasteiger partial charge in [-0.2, -0.15) is 0 Å². The predicted molar refractivity (Wildman–Crippen MR) is 64.0 cm³/mol. The molecule has 0 unspecified atom stereocenters. The minimum absolute atomic E-state index is 0.0109. The van der Waals surface area contributed by atoms with Crippen molar-refractivity contribution >= 4 is 11.7 Å². The van der Waals surface area contributed by atoms with Crippen LogP contribution in [0, 0.1) is 11.6 Å². The van der Waals surface area contributed by atoms with Crippen LogP contribution in [0.3, 0.4) is 0 Å². The Labute approximate surface area is 107 Å². The number of aromatic nitrogens is 2. The van der Waals surface area contributed by atoms with Crippen molar-refractivity contribution in [3.05, 3.63) is 53.5 Å². The fourth-order valence-electron chi connectivity index (χ4n) is 1.44. The summed E-state index contributed by atoms with van der Waals surface area (Å²) < 4.78 is 26.2. The first kappa shape index (κ1) is 12.9. The Balaban J connectivity index is 2.06. The Bertz CT molecular complexity index is 618. The first-order chi connectivity index (χ1) is 9.06. The number of nitrogens with two attached hydrogens (primary N) is 1. The van der Waals surface area contributed by atoms with E-state index in [2.05, 4.69) is 15.3 Å². The summed E-state index contributed by atoms with van der Waals surface area (Å²) in [6, 6.07) is 3.02. The van der Waals surface area contributed by atoms with Gasteiger partial charge < -0.3 is 11.1 Å². The van der Waals surface area contributed by atoms with Gasteiger partial charge in [0, 0.05) is 12.1 Å². The van der Waals surface area contributed by atoms with Crippen molar-refractivity contribution in [3.63, 3.8) is 0 Å². The van der Waals surface area contributed by atoms with Crippen molar-refractivity contribution in [3.8, 4) is 0 Å². The Hall–Kier alpha value is -2.57. The molecule has 0 aliphatic rings. The Kier molecular flexibility index (Phi) is 3.65. The van der Waals surface area contributed by atoms with Gasteiger partial charge in [0.15, 0.2) is 0 Å². The first-order valence-corrected chi connectivity index (χ1v) is 5.36. The van der Waals surface area contributed by atoms with Crippen molar-refractivity contribution in [1.82, 2.24) is 15.3 Å². The number of hydrogen-bond acceptors (Lipinski definition) is 4. The van der Waals surface area contributed by atoms with E-state index in [0.717, 1.165) is 18.2 Å². The summed E-state index contributed by atoms with van der Waals surface area (Å²) in [6.07, 6.45) is 2.52. The second kappa shape index (κ2) is 5.38. The molecule has 0 spiro atoms. The minimum atomic E-state index is -0.597. The van der Waals surface area contributed by atoms with E-state index in [1.807, 2.05) is 0 Å². The van der Waals surface area contributed by atoms with Crippen LogP contribution in [-0.2, 0) is 6.54 Å². The number of anilines is 1. The topological polar surface area (TPSA) is 80.9 Å². The molecular formula is C12H10F2N4O. The highest BCUT2D eigenvalue weighted by Gasteiger charge is 2.10. The smallest absolute Gasteiger partial charge is 0.271 e. The zero-order valence-corrected chi connectivity index (χ0v) is 9.73. The van der Waals surface area contributed by atoms with Gasteiger partial charge in [-0.05, 0) is 18.2 Å². The van der Waals surface area contributed by atoms with E-state index in [0.29, 0.717) is 0 Å². The second-order valence-corrected chi connectivity index (χ2v) is 3.75. The molecule has 1 amide bonds. The number of rotatable bonds is 3. The van der Waals surface area contributed by atoms with Crippen LogP contribution in [0.4, 0.5) is 14.6 Å². The molecule has 0 bridgehead atoms. The largest absolute Gasteiger partial charge is 0.382 e. The minimum Gasteiger partial charge on any atom is -0.382 e. The number of hydrogen-bond donors (Lipinski definition) is 2. The monoisotopic (exact) mass is 264 g/mol. The van der Waals surface area contributed by atoms with Gasteiger partial charge in [-0.15, -0.1) is 0 Å². The van der Waals surface area contributed by atoms with Crippen molar-refractivity contribution < 1.29 is 13.6 Å². The highest BCUT2D eigenvalue weighted by molar-refractivity contribution is 5.92. The SMILES string of the molecule is Nc1cncc(C(=O)NCc2cc(F)ccc2F)n1. The zero-order valence-electron chi connectivity index (χ0n) is 9.73. The van der Waals surface area contributed by atoms with Crippen molar-refractivity contribution in [2.24, 2.45) is 0 Å². The third-order valence-corrected chi connectivity index (χ3v) is 2.33. The molecule has 5 nitrogen and oxygen atoms in total. The Morgan fingerprint density at radius 2 is 2.11 bits per heavy atom. The lowest BCUT2D eigenvalue weighted by Gasteiger charge is -2.06. The Morgan fingerprint density at radius 1 is 1.32 bits per heavy atom. The maximum atomic E-state index is 13.3. The lowest BCUT2D eigenvalue weighted by atomic mass is 10.2. The molecule has 3 N–H and O–H groups in total. The maximum absolute atomic E-state index is 13.3. The second-order valence-electron chi connectivity index (χ2n) is 3.75. The average molecular weight is 264 g/mol. The molecule has 1 aromatic carbocycles. The quantitative estimate of drug-likeness (QED) is 0.874. The van der Waals surface area contributed by atoms with E-state index in [9.17, 15) is 13.6 Å². The van der Waals surface area contributed by atoms with E-state index in [1.165, 1.54) is 12.4 Å². The summed E-state index contributed by atoms with van der Waals surface area (Å²) in [5, 5.41) is 2.41. The highest BCUT2D eigenvalue weighted by atomic mass is 19.1. The third kappa shape index (κ3) is 3.21. The van der Waals surface area contributed by atoms with Crippen LogP contribution in [-0.4, -0.2) is 15.9 Å². The average Bonchev–Trinajstić information content (AvgIpc) is 2.39. The zero-order chi connectivity index (χ0) is 13.8. The maximum Gasteiger partial charge on any atom is 0.271 e. The van der Waals surface area contributed by atoms with E-state index in [-0.39, 0.29) is 23.6 Å². The Morgan fingerprint density at radius 3 is 2.84 bits per heavy atom. The van der Waals surface area contributed by atoms with Crippen LogP contribution in [0.5, 0.6) is 0 Å². The molecule has 7 heteroatoms. The van der Waals surface area contributed by atoms with Crippen LogP contribution in [0.1, 0.15) is 16.1 Å². The standard InChI is InChI=1S/C12H10F2N4O/c13-8-1-2-9(14)7(3-8)4-17-12(19)10-5-16-6-11(15)18-10/h1-3,5-6H,4H2,(H2,15,18)(H,17,19). The highest BCUT2D eigenvalue weighted by Crippen LogP contribution is 2.09. The molecule has 0 radical (unpaired) electrons. The predicted octanol–water partition coefficient (Wildman–Crippen LogP) is 1.27. The molecule has 0 aliphatic heterocycles. The van der Waals surface area contributed by atoms with Crippen LogP contribution in [0.2, 0.25) is 0 Å². The van der Waals surface area contributed by atoms with Crippen molar-refractivity contribution in [2.75, 3.05) is 5.73 Å². The van der Waals surface area contributed by atoms with E-state index < -0.39 is 17.5 Å². The fraction of sp³-hybridized carbons (Fsp3) is 0.0833. The summed E-state index contributed by atoms with van der Waals surface area (Å²) >= 11 is 0. The van der Waals surface area contributed by atoms with Gasteiger partial charge >= 0.3 is 0 Å². The van der Waals surface area contributed by atoms with Gasteiger partial charge in [0.05, 0.1) is 12.4 Å². The molecule has 0 aliphatic carbocycles.